The number of primary amides is 4. The number of nitrogens with two attached hydrogens (primary N) is 4. The molecular weight excluding hydrogens is 1730 g/mol. The van der Waals surface area contributed by atoms with Crippen LogP contribution in [-0.4, -0.2) is 154 Å². The summed E-state index contributed by atoms with van der Waals surface area (Å²) in [7, 11) is 0. The Morgan fingerprint density at radius 2 is 0.958 bits per heavy atom. The first-order valence-corrected chi connectivity index (χ1v) is 36.4. The van der Waals surface area contributed by atoms with E-state index < -0.39 is 65.2 Å². The van der Waals surface area contributed by atoms with Gasteiger partial charge in [-0.1, -0.05) is 157 Å². The minimum Gasteiger partial charge on any atom is -1.00 e. The summed E-state index contributed by atoms with van der Waals surface area (Å²) in [6, 6.07) is 38.1. The number of benzene rings is 6. The molecule has 634 valence electrons. The monoisotopic (exact) mass is 1820 g/mol. The van der Waals surface area contributed by atoms with Crippen LogP contribution >= 0.6 is 39.1 Å². The molecule has 0 bridgehead atoms. The molecule has 4 aromatic heterocycles. The van der Waals surface area contributed by atoms with Crippen LogP contribution in [0.25, 0.3) is 43.6 Å². The van der Waals surface area contributed by atoms with Gasteiger partial charge in [0.05, 0.1) is 45.3 Å². The van der Waals surface area contributed by atoms with Gasteiger partial charge in [-0.05, 0) is 91.8 Å². The van der Waals surface area contributed by atoms with Crippen molar-refractivity contribution in [2.24, 2.45) is 22.9 Å². The van der Waals surface area contributed by atoms with Gasteiger partial charge >= 0.3 is 127 Å². The third-order valence-electron chi connectivity index (χ3n) is 14.8. The Balaban J connectivity index is 0. The molecule has 0 saturated heterocycles. The second kappa shape index (κ2) is 53.7. The van der Waals surface area contributed by atoms with Crippen molar-refractivity contribution in [3.8, 4) is 0 Å². The Bertz CT molecular complexity index is 5080. The van der Waals surface area contributed by atoms with Gasteiger partial charge in [-0.3, -0.25) is 62.6 Å². The molecule has 0 aliphatic heterocycles. The Morgan fingerprint density at radius 1 is 0.588 bits per heavy atom. The first-order valence-electron chi connectivity index (χ1n) is 34.5. The standard InChI is InChI=1S/C23H24ClFN4O3.C15H18N2O3.C12H16ClFN2O.C11H10N2O3.C8H7N3O.C6H11BrO2.C2HF3O.CH2O3.CH4.2K.H/c1-14(2)29(12-20(30)27-10-15-6-5-8-18(24)22(15)25)21(31)13-28-11-17(23(26)32)16-7-3-4-9-19(16)28;1-15(2,3)20-13(18)9-17-8-11(14(16)19)10-6-4-5-7-12(10)17;1-8(2)15-7-11(17)16-6-9-4-3-5-10(13)12(9)14;12-11(16)8-5-13(6-10(14)15)9-4-2-1-3-7(8)9;9-8(12)7-5-3-1-2-4-6(5)10-11-7;1-6(2,3)9-5(8)4-7;3-2(4,5)1-6;2-1-4-3;;;;/h3-9,11,14H,10,12-13H2,1-2H3,(H2,26,32)(H,27,30);4-8H,9H2,1-3H3,(H2,16,19);3-5,8,15H,6-7H2,1-2H3,(H,16,17);1-5H,6H2,(H2,12,16)(H,14,15);1-4H,(H2,9,12)(H,10,11);4H2,1-3H3;1H;1,3H;1H4;;;/q;;;;;;;;;2*+1;-1/p-1. The van der Waals surface area contributed by atoms with Crippen molar-refractivity contribution in [3.05, 3.63) is 207 Å². The average molecular weight is 1820 g/mol. The van der Waals surface area contributed by atoms with Gasteiger partial charge < -0.3 is 83.6 Å². The summed E-state index contributed by atoms with van der Waals surface area (Å²) in [5.74, 6) is -5.66. The predicted octanol–water partition coefficient (Wildman–Crippen LogP) is 4.41. The van der Waals surface area contributed by atoms with E-state index in [1.54, 1.807) is 114 Å². The third-order valence-corrected chi connectivity index (χ3v) is 15.9. The normalized spacial score (nSPS) is 10.5. The van der Waals surface area contributed by atoms with E-state index in [1.165, 1.54) is 33.9 Å². The smallest absolute Gasteiger partial charge is 1.00 e. The number of aromatic nitrogens is 5. The number of aliphatic carboxylic acids is 1. The van der Waals surface area contributed by atoms with E-state index in [1.807, 2.05) is 91.8 Å². The van der Waals surface area contributed by atoms with Crippen LogP contribution in [0.3, 0.4) is 0 Å². The summed E-state index contributed by atoms with van der Waals surface area (Å²) < 4.78 is 73.7. The average Bonchev–Trinajstić information content (AvgIpc) is 1.66. The summed E-state index contributed by atoms with van der Waals surface area (Å²) in [6.07, 6.45) is -1.09. The Morgan fingerprint density at radius 3 is 1.30 bits per heavy atom. The molecule has 0 radical (unpaired) electrons. The molecule has 6 aromatic carbocycles. The molecule has 0 unspecified atom stereocenters. The molecule has 13 N–H and O–H groups in total. The molecule has 0 fully saturated rings. The van der Waals surface area contributed by atoms with E-state index >= 15 is 0 Å². The number of aromatic amines is 1. The van der Waals surface area contributed by atoms with Gasteiger partial charge in [0, 0.05) is 93.0 Å². The van der Waals surface area contributed by atoms with E-state index in [4.69, 9.17) is 75.6 Å². The van der Waals surface area contributed by atoms with Gasteiger partial charge in [-0.2, -0.15) is 18.3 Å². The minimum absolute atomic E-state index is 0. The Hall–Kier alpha value is -8.85. The minimum atomic E-state index is -4.64. The number of nitrogens with zero attached hydrogens (tertiary/aromatic N) is 5. The van der Waals surface area contributed by atoms with Gasteiger partial charge in [0.2, 0.25) is 24.0 Å². The largest absolute Gasteiger partial charge is 1.00 e. The number of aldehydes is 1. The predicted molar refractivity (Wildman–Crippen MR) is 433 cm³/mol. The van der Waals surface area contributed by atoms with E-state index in [0.29, 0.717) is 49.8 Å². The molecule has 0 atom stereocenters. The van der Waals surface area contributed by atoms with Crippen molar-refractivity contribution in [1.82, 2.24) is 44.7 Å². The maximum atomic E-state index is 14.0. The molecule has 10 aromatic rings. The van der Waals surface area contributed by atoms with E-state index in [9.17, 15) is 69.9 Å². The van der Waals surface area contributed by atoms with E-state index in [-0.39, 0.29) is 226 Å². The second-order valence-electron chi connectivity index (χ2n) is 26.8. The number of para-hydroxylation sites is 4. The van der Waals surface area contributed by atoms with Crippen LogP contribution in [0.5, 0.6) is 0 Å². The third kappa shape index (κ3) is 39.0. The first kappa shape index (κ1) is 110. The number of hydrogen-bond donors (Lipinski definition) is 9. The zero-order valence-corrected chi connectivity index (χ0v) is 75.8. The number of amides is 7. The zero-order chi connectivity index (χ0) is 87.5. The zero-order valence-electron chi connectivity index (χ0n) is 67.4. The molecule has 0 saturated carbocycles. The molecule has 0 aliphatic rings. The number of fused-ring (bicyclic) bond motifs is 4. The molecule has 119 heavy (non-hydrogen) atoms. The number of carbonyl (C=O) groups is 12. The van der Waals surface area contributed by atoms with E-state index in [0.717, 1.165) is 21.8 Å². The summed E-state index contributed by atoms with van der Waals surface area (Å²) in [4.78, 5) is 137. The van der Waals surface area contributed by atoms with Gasteiger partial charge in [-0.15, -0.1) is 0 Å². The van der Waals surface area contributed by atoms with Crippen molar-refractivity contribution in [2.45, 2.75) is 139 Å². The van der Waals surface area contributed by atoms with Crippen molar-refractivity contribution in [1.29, 1.82) is 0 Å². The molecule has 0 spiro atoms. The SMILES string of the molecule is C.CC(C)(C)OC(=O)CBr.CC(C)(C)OC(=O)Cn1cc(C(N)=O)c2ccccc21.CC(C)N(CC(=O)NCc1cccc(Cl)c1F)C(=O)Cn1cc(C(N)=O)c2ccccc21.CC(C)NCC(=O)NCc1cccc(Cl)c1F.NC(=O)c1cn(CC(=O)O)c2ccccc12.NC(=O)c1n[nH]c2ccccc12.O=CC(F)(F)F.O=CO[O-].[H-].[K+].[K+]. The molecule has 10 rings (SSSR count). The number of H-pyrrole nitrogens is 1. The molecule has 4 heterocycles. The number of hydrogen-bond acceptors (Lipinski definition) is 18. The van der Waals surface area contributed by atoms with Gasteiger partial charge in [0.15, 0.2) is 5.69 Å². The summed E-state index contributed by atoms with van der Waals surface area (Å²) >= 11 is 14.4. The van der Waals surface area contributed by atoms with Crippen molar-refractivity contribution in [2.75, 3.05) is 18.4 Å². The van der Waals surface area contributed by atoms with Crippen LogP contribution in [0.1, 0.15) is 131 Å². The van der Waals surface area contributed by atoms with E-state index in [2.05, 4.69) is 47.0 Å². The Labute approximate surface area is 786 Å². The number of carboxylic acid groups (broad SMARTS) is 1. The molecular formula is C79H93BrCl2F5K2N13O17. The fourth-order valence-corrected chi connectivity index (χ4v) is 10.5. The number of alkyl halides is 4. The quantitative estimate of drug-likeness (QED) is 0.00863. The van der Waals surface area contributed by atoms with Gasteiger partial charge in [0.1, 0.15) is 47.8 Å². The van der Waals surface area contributed by atoms with Crippen molar-refractivity contribution in [3.63, 3.8) is 0 Å². The summed E-state index contributed by atoms with van der Waals surface area (Å²) in [5.41, 5.74) is 25.3. The van der Waals surface area contributed by atoms with Gasteiger partial charge in [-0.25, -0.2) is 8.78 Å². The van der Waals surface area contributed by atoms with Crippen LogP contribution < -0.4 is 147 Å². The molecule has 0 aliphatic carbocycles. The fourth-order valence-electron chi connectivity index (χ4n) is 10.0. The number of nitrogens with one attached hydrogen (secondary N) is 4. The van der Waals surface area contributed by atoms with Gasteiger partial charge in [0.25, 0.3) is 30.1 Å². The summed E-state index contributed by atoms with van der Waals surface area (Å²) in [6.45, 7) is 18.2. The maximum absolute atomic E-state index is 14.0. The van der Waals surface area contributed by atoms with Crippen LogP contribution in [-0.2, 0) is 85.4 Å². The summed E-state index contributed by atoms with van der Waals surface area (Å²) in [5, 5.41) is 35.1. The number of esters is 2. The van der Waals surface area contributed by atoms with Crippen LogP contribution in [0.4, 0.5) is 22.0 Å². The van der Waals surface area contributed by atoms with Crippen LogP contribution in [0, 0.1) is 11.6 Å². The Kier molecular flexibility index (Phi) is 49.7. The molecule has 40 heteroatoms. The van der Waals surface area contributed by atoms with Crippen LogP contribution in [0.2, 0.25) is 10.0 Å². The van der Waals surface area contributed by atoms with Crippen molar-refractivity contribution < 1.29 is 208 Å². The first-order chi connectivity index (χ1) is 54.3. The fraction of sp³-hybridized carbons (Fsp3) is 0.304. The molecule has 30 nitrogen and oxygen atoms in total. The number of rotatable bonds is 22. The van der Waals surface area contributed by atoms with Crippen molar-refractivity contribution >= 4 is 155 Å². The maximum Gasteiger partial charge on any atom is 1.00 e. The number of carboxylic acids is 1. The number of halogens is 8. The number of carbonyl (C=O) groups excluding carboxylic acids is 11. The number of ether oxygens (including phenoxy) is 2. The van der Waals surface area contributed by atoms with Crippen LogP contribution in [0.15, 0.2) is 152 Å². The second-order valence-corrected chi connectivity index (χ2v) is 28.2. The topological polar surface area (TPSA) is 463 Å². The molecule has 7 amide bonds.